The molecule has 1 rings (SSSR count). The van der Waals surface area contributed by atoms with Crippen LogP contribution in [0, 0.1) is 0 Å². The van der Waals surface area contributed by atoms with Gasteiger partial charge >= 0.3 is 0 Å². The number of nitrogens with zero attached hydrogens (tertiary/aromatic N) is 1. The van der Waals surface area contributed by atoms with E-state index >= 15 is 0 Å². The van der Waals surface area contributed by atoms with Gasteiger partial charge in [-0.15, -0.1) is 6.58 Å². The maximum atomic E-state index is 5.44. The molecule has 0 bridgehead atoms. The third kappa shape index (κ3) is 3.07. The van der Waals surface area contributed by atoms with Crippen molar-refractivity contribution in [2.45, 2.75) is 19.3 Å². The maximum Gasteiger partial charge on any atom is 0.103 e. The van der Waals surface area contributed by atoms with E-state index in [0.29, 0.717) is 0 Å². The Hall–Kier alpha value is -0.410. The number of allylic oxidation sites excluding steroid dienone is 1. The monoisotopic (exact) mass is 257 g/mol. The summed E-state index contributed by atoms with van der Waals surface area (Å²) in [5, 5.41) is 0. The van der Waals surface area contributed by atoms with Crippen molar-refractivity contribution in [3.05, 3.63) is 23.8 Å². The van der Waals surface area contributed by atoms with E-state index in [2.05, 4.69) is 27.5 Å². The van der Waals surface area contributed by atoms with Crippen LogP contribution in [0.1, 0.15) is 19.3 Å². The Bertz CT molecular complexity index is 268. The first-order valence-corrected chi connectivity index (χ1v) is 5.61. The van der Waals surface area contributed by atoms with E-state index in [1.165, 1.54) is 11.1 Å². The highest BCUT2D eigenvalue weighted by atomic mass is 79.9. The van der Waals surface area contributed by atoms with Crippen LogP contribution >= 0.6 is 15.9 Å². The van der Waals surface area contributed by atoms with Crippen molar-refractivity contribution in [2.24, 2.45) is 4.99 Å². The summed E-state index contributed by atoms with van der Waals surface area (Å²) in [7, 11) is 1.80. The van der Waals surface area contributed by atoms with E-state index in [0.717, 1.165) is 37.1 Å². The van der Waals surface area contributed by atoms with Crippen molar-refractivity contribution in [2.75, 3.05) is 20.3 Å². The summed E-state index contributed by atoms with van der Waals surface area (Å²) in [6.45, 7) is 5.38. The van der Waals surface area contributed by atoms with Gasteiger partial charge in [-0.05, 0) is 40.8 Å². The molecule has 0 aromatic heterocycles. The standard InChI is InChI=1S/C11H16BrNO/c1-3-4-9-5-7-14-8-6-10(9)11(12)13-2/h3H,1,4-8H2,2H3. The highest BCUT2D eigenvalue weighted by molar-refractivity contribution is 9.18. The van der Waals surface area contributed by atoms with Gasteiger partial charge in [0.05, 0.1) is 13.2 Å². The van der Waals surface area contributed by atoms with Gasteiger partial charge in [0.15, 0.2) is 0 Å². The van der Waals surface area contributed by atoms with Crippen molar-refractivity contribution in [3.8, 4) is 0 Å². The number of hydrogen-bond donors (Lipinski definition) is 0. The molecule has 0 aliphatic carbocycles. The summed E-state index contributed by atoms with van der Waals surface area (Å²) >= 11 is 3.49. The number of aliphatic imine (C=N–C) groups is 1. The van der Waals surface area contributed by atoms with E-state index in [9.17, 15) is 0 Å². The molecular weight excluding hydrogens is 242 g/mol. The van der Waals surface area contributed by atoms with Crippen molar-refractivity contribution < 1.29 is 4.74 Å². The molecule has 2 nitrogen and oxygen atoms in total. The molecule has 0 amide bonds. The molecule has 0 atom stereocenters. The fourth-order valence-corrected chi connectivity index (χ4v) is 2.06. The molecule has 1 aliphatic heterocycles. The van der Waals surface area contributed by atoms with Gasteiger partial charge in [-0.2, -0.15) is 0 Å². The number of rotatable bonds is 3. The van der Waals surface area contributed by atoms with Gasteiger partial charge < -0.3 is 4.74 Å². The molecule has 0 unspecified atom stereocenters. The molecule has 3 heteroatoms. The predicted octanol–water partition coefficient (Wildman–Crippen LogP) is 3.09. The summed E-state index contributed by atoms with van der Waals surface area (Å²) in [6.07, 6.45) is 4.81. The van der Waals surface area contributed by atoms with E-state index in [1.54, 1.807) is 7.05 Å². The van der Waals surface area contributed by atoms with E-state index < -0.39 is 0 Å². The molecule has 78 valence electrons. The van der Waals surface area contributed by atoms with Crippen LogP contribution in [0.2, 0.25) is 0 Å². The van der Waals surface area contributed by atoms with Crippen LogP contribution in [0.4, 0.5) is 0 Å². The molecule has 0 radical (unpaired) electrons. The van der Waals surface area contributed by atoms with Gasteiger partial charge in [-0.25, -0.2) is 0 Å². The van der Waals surface area contributed by atoms with Gasteiger partial charge in [-0.3, -0.25) is 4.99 Å². The molecule has 1 heterocycles. The third-order valence-corrected chi connectivity index (χ3v) is 3.14. The minimum atomic E-state index is 0.792. The summed E-state index contributed by atoms with van der Waals surface area (Å²) in [5.74, 6) is 0. The zero-order valence-corrected chi connectivity index (χ0v) is 10.1. The minimum absolute atomic E-state index is 0.792. The first-order valence-electron chi connectivity index (χ1n) is 4.81. The Morgan fingerprint density at radius 1 is 1.57 bits per heavy atom. The lowest BCUT2D eigenvalue weighted by atomic mass is 10.0. The van der Waals surface area contributed by atoms with Gasteiger partial charge in [0, 0.05) is 7.05 Å². The number of ether oxygens (including phenoxy) is 1. The molecule has 0 saturated heterocycles. The van der Waals surface area contributed by atoms with Crippen LogP contribution in [0.15, 0.2) is 28.8 Å². The summed E-state index contributed by atoms with van der Waals surface area (Å²) in [5.41, 5.74) is 2.69. The quantitative estimate of drug-likeness (QED) is 0.563. The fraction of sp³-hybridized carbons (Fsp3) is 0.545. The lowest BCUT2D eigenvalue weighted by Gasteiger charge is -2.08. The second kappa shape index (κ2) is 6.14. The number of hydrogen-bond acceptors (Lipinski definition) is 2. The van der Waals surface area contributed by atoms with E-state index in [-0.39, 0.29) is 0 Å². The molecule has 0 aromatic rings. The predicted molar refractivity (Wildman–Crippen MR) is 64.2 cm³/mol. The molecule has 0 fully saturated rings. The van der Waals surface area contributed by atoms with E-state index in [4.69, 9.17) is 4.74 Å². The zero-order valence-electron chi connectivity index (χ0n) is 8.55. The average molecular weight is 258 g/mol. The van der Waals surface area contributed by atoms with Crippen LogP contribution in [-0.4, -0.2) is 24.9 Å². The molecule has 0 spiro atoms. The molecule has 0 aromatic carbocycles. The Balaban J connectivity index is 2.91. The lowest BCUT2D eigenvalue weighted by Crippen LogP contribution is -2.00. The van der Waals surface area contributed by atoms with Crippen molar-refractivity contribution >= 4 is 20.6 Å². The zero-order chi connectivity index (χ0) is 10.4. The topological polar surface area (TPSA) is 21.6 Å². The number of halogens is 1. The molecular formula is C11H16BrNO. The Kier molecular flexibility index (Phi) is 5.12. The highest BCUT2D eigenvalue weighted by Crippen LogP contribution is 2.23. The van der Waals surface area contributed by atoms with Crippen molar-refractivity contribution in [1.82, 2.24) is 0 Å². The van der Waals surface area contributed by atoms with Crippen LogP contribution in [0.5, 0.6) is 0 Å². The highest BCUT2D eigenvalue weighted by Gasteiger charge is 2.13. The summed E-state index contributed by atoms with van der Waals surface area (Å²) in [4.78, 5) is 4.17. The second-order valence-electron chi connectivity index (χ2n) is 3.20. The van der Waals surface area contributed by atoms with Gasteiger partial charge in [0.1, 0.15) is 4.62 Å². The Labute approximate surface area is 93.9 Å². The average Bonchev–Trinajstić information content (AvgIpc) is 2.43. The smallest absolute Gasteiger partial charge is 0.103 e. The molecule has 1 aliphatic rings. The molecule has 0 saturated carbocycles. The first kappa shape index (κ1) is 11.7. The van der Waals surface area contributed by atoms with Gasteiger partial charge in [0.2, 0.25) is 0 Å². The third-order valence-electron chi connectivity index (χ3n) is 2.31. The largest absolute Gasteiger partial charge is 0.381 e. The van der Waals surface area contributed by atoms with Gasteiger partial charge in [0.25, 0.3) is 0 Å². The van der Waals surface area contributed by atoms with Crippen LogP contribution in [0.25, 0.3) is 0 Å². The van der Waals surface area contributed by atoms with Crippen LogP contribution < -0.4 is 0 Å². The Morgan fingerprint density at radius 2 is 2.29 bits per heavy atom. The first-order chi connectivity index (χ1) is 6.79. The Morgan fingerprint density at radius 3 is 2.93 bits per heavy atom. The van der Waals surface area contributed by atoms with Gasteiger partial charge in [-0.1, -0.05) is 11.6 Å². The van der Waals surface area contributed by atoms with Crippen molar-refractivity contribution in [1.29, 1.82) is 0 Å². The summed E-state index contributed by atoms with van der Waals surface area (Å²) < 4.78 is 6.40. The fourth-order valence-electron chi connectivity index (χ4n) is 1.58. The maximum absolute atomic E-state index is 5.44. The van der Waals surface area contributed by atoms with Crippen LogP contribution in [-0.2, 0) is 4.74 Å². The normalized spacial score (nSPS) is 19.4. The minimum Gasteiger partial charge on any atom is -0.381 e. The van der Waals surface area contributed by atoms with Crippen LogP contribution in [0.3, 0.4) is 0 Å². The summed E-state index contributed by atoms with van der Waals surface area (Å²) in [6, 6.07) is 0. The molecule has 14 heavy (non-hydrogen) atoms. The lowest BCUT2D eigenvalue weighted by molar-refractivity contribution is 0.146. The second-order valence-corrected chi connectivity index (χ2v) is 3.95. The van der Waals surface area contributed by atoms with E-state index in [1.807, 2.05) is 6.08 Å². The van der Waals surface area contributed by atoms with Crippen molar-refractivity contribution in [3.63, 3.8) is 0 Å². The SMILES string of the molecule is C=CCC1=C(C(Br)=NC)CCOCC1. The molecule has 0 N–H and O–H groups in total.